The molecule has 7 nitrogen and oxygen atoms in total. The lowest BCUT2D eigenvalue weighted by molar-refractivity contribution is -0.160. The van der Waals surface area contributed by atoms with E-state index in [1.807, 2.05) is 85.1 Å². The van der Waals surface area contributed by atoms with Crippen molar-refractivity contribution in [2.75, 3.05) is 19.0 Å². The number of ether oxygens (including phenoxy) is 1. The molecule has 1 N–H and O–H groups in total. The van der Waals surface area contributed by atoms with E-state index in [9.17, 15) is 9.90 Å². The first-order valence-electron chi connectivity index (χ1n) is 14.0. The number of carboxylic acid groups (broad SMARTS) is 1. The van der Waals surface area contributed by atoms with E-state index < -0.39 is 17.7 Å². The molecule has 0 saturated carbocycles. The molecule has 43 heavy (non-hydrogen) atoms. The van der Waals surface area contributed by atoms with E-state index in [0.717, 1.165) is 65.7 Å². The predicted octanol–water partition coefficient (Wildman–Crippen LogP) is 8.67. The average molecular weight is 615 g/mol. The van der Waals surface area contributed by atoms with Crippen LogP contribution < -0.4 is 4.90 Å². The SMILES string of the molecule is Cc1cc(-c2cc(-c3nc4cc(C)c(C(OC(C)(C)C)C(=O)O)c(-c5ccc(Cl)cc5)c4s3)c(C)nn2)ccc1N(C)C. The zero-order valence-corrected chi connectivity index (χ0v) is 27.2. The highest BCUT2D eigenvalue weighted by Gasteiger charge is 2.32. The highest BCUT2D eigenvalue weighted by molar-refractivity contribution is 7.22. The summed E-state index contributed by atoms with van der Waals surface area (Å²) in [6.45, 7) is 11.5. The van der Waals surface area contributed by atoms with Crippen LogP contribution in [0.15, 0.2) is 54.6 Å². The van der Waals surface area contributed by atoms with Gasteiger partial charge in [-0.1, -0.05) is 29.8 Å². The van der Waals surface area contributed by atoms with Gasteiger partial charge < -0.3 is 14.7 Å². The normalized spacial score (nSPS) is 12.5. The first-order chi connectivity index (χ1) is 20.2. The fourth-order valence-electron chi connectivity index (χ4n) is 5.28. The number of rotatable bonds is 7. The zero-order chi connectivity index (χ0) is 31.2. The number of hydrogen-bond donors (Lipinski definition) is 1. The van der Waals surface area contributed by atoms with Gasteiger partial charge >= 0.3 is 5.97 Å². The van der Waals surface area contributed by atoms with Gasteiger partial charge in [0.05, 0.1) is 27.2 Å². The quantitative estimate of drug-likeness (QED) is 0.196. The van der Waals surface area contributed by atoms with E-state index >= 15 is 0 Å². The largest absolute Gasteiger partial charge is 0.479 e. The summed E-state index contributed by atoms with van der Waals surface area (Å²) in [7, 11) is 4.05. The second kappa shape index (κ2) is 11.7. The predicted molar refractivity (Wildman–Crippen MR) is 176 cm³/mol. The minimum atomic E-state index is -1.18. The van der Waals surface area contributed by atoms with E-state index in [0.29, 0.717) is 10.6 Å². The molecule has 0 spiro atoms. The summed E-state index contributed by atoms with van der Waals surface area (Å²) in [5.41, 5.74) is 8.76. The van der Waals surface area contributed by atoms with Gasteiger partial charge in [-0.25, -0.2) is 9.78 Å². The van der Waals surface area contributed by atoms with E-state index in [1.54, 1.807) is 0 Å². The van der Waals surface area contributed by atoms with Crippen LogP contribution in [-0.2, 0) is 9.53 Å². The van der Waals surface area contributed by atoms with Crippen LogP contribution in [0.25, 0.3) is 43.2 Å². The van der Waals surface area contributed by atoms with Crippen molar-refractivity contribution in [1.82, 2.24) is 15.2 Å². The summed E-state index contributed by atoms with van der Waals surface area (Å²) < 4.78 is 7.01. The van der Waals surface area contributed by atoms with Crippen molar-refractivity contribution < 1.29 is 14.6 Å². The molecular weight excluding hydrogens is 580 g/mol. The Morgan fingerprint density at radius 1 is 0.953 bits per heavy atom. The molecule has 0 radical (unpaired) electrons. The fourth-order valence-corrected chi connectivity index (χ4v) is 6.60. The molecule has 0 aliphatic rings. The maximum absolute atomic E-state index is 12.7. The molecule has 0 aliphatic heterocycles. The fraction of sp³-hybridized carbons (Fsp3) is 0.294. The number of aryl methyl sites for hydroxylation is 3. The van der Waals surface area contributed by atoms with Crippen LogP contribution in [0.2, 0.25) is 5.02 Å². The highest BCUT2D eigenvalue weighted by atomic mass is 35.5. The third-order valence-corrected chi connectivity index (χ3v) is 8.58. The minimum Gasteiger partial charge on any atom is -0.479 e. The molecule has 2 aromatic heterocycles. The Morgan fingerprint density at radius 3 is 2.23 bits per heavy atom. The lowest BCUT2D eigenvalue weighted by atomic mass is 9.91. The van der Waals surface area contributed by atoms with Crippen LogP contribution in [-0.4, -0.2) is 46.0 Å². The Morgan fingerprint density at radius 2 is 1.63 bits per heavy atom. The van der Waals surface area contributed by atoms with Gasteiger partial charge in [0.2, 0.25) is 0 Å². The van der Waals surface area contributed by atoms with E-state index in [4.69, 9.17) is 21.3 Å². The van der Waals surface area contributed by atoms with Crippen LogP contribution in [0.4, 0.5) is 5.69 Å². The minimum absolute atomic E-state index is 0.597. The summed E-state index contributed by atoms with van der Waals surface area (Å²) in [5, 5.41) is 20.7. The van der Waals surface area contributed by atoms with Crippen LogP contribution >= 0.6 is 22.9 Å². The van der Waals surface area contributed by atoms with Crippen molar-refractivity contribution in [3.63, 3.8) is 0 Å². The van der Waals surface area contributed by atoms with Crippen molar-refractivity contribution in [1.29, 1.82) is 0 Å². The number of hydrogen-bond acceptors (Lipinski definition) is 7. The van der Waals surface area contributed by atoms with Gasteiger partial charge in [-0.2, -0.15) is 10.2 Å². The van der Waals surface area contributed by atoms with Crippen LogP contribution in [0.1, 0.15) is 49.3 Å². The molecule has 0 bridgehead atoms. The third-order valence-electron chi connectivity index (χ3n) is 7.20. The molecule has 3 aromatic carbocycles. The number of carbonyl (C=O) groups is 1. The van der Waals surface area contributed by atoms with Crippen molar-refractivity contribution in [3.8, 4) is 33.0 Å². The van der Waals surface area contributed by atoms with Crippen molar-refractivity contribution in [3.05, 3.63) is 82.0 Å². The Bertz CT molecular complexity index is 1840. The molecule has 0 saturated heterocycles. The maximum atomic E-state index is 12.7. The van der Waals surface area contributed by atoms with E-state index in [-0.39, 0.29) is 0 Å². The second-order valence-electron chi connectivity index (χ2n) is 11.9. The first kappa shape index (κ1) is 30.6. The third kappa shape index (κ3) is 6.27. The number of aromatic nitrogens is 3. The van der Waals surface area contributed by atoms with E-state index in [1.165, 1.54) is 11.3 Å². The lowest BCUT2D eigenvalue weighted by Crippen LogP contribution is -2.28. The van der Waals surface area contributed by atoms with Gasteiger partial charge in [0.15, 0.2) is 6.10 Å². The number of carboxylic acids is 1. The van der Waals surface area contributed by atoms with Crippen LogP contribution in [0, 0.1) is 20.8 Å². The van der Waals surface area contributed by atoms with Crippen LogP contribution in [0.5, 0.6) is 0 Å². The number of nitrogens with zero attached hydrogens (tertiary/aromatic N) is 4. The molecule has 5 rings (SSSR count). The van der Waals surface area contributed by atoms with Gasteiger partial charge in [0.25, 0.3) is 0 Å². The Kier molecular flexibility index (Phi) is 8.31. The molecule has 0 aliphatic carbocycles. The maximum Gasteiger partial charge on any atom is 0.337 e. The number of halogens is 1. The van der Waals surface area contributed by atoms with Crippen molar-refractivity contribution in [2.24, 2.45) is 0 Å². The molecular formula is C34H35ClN4O3S. The Labute approximate surface area is 261 Å². The van der Waals surface area contributed by atoms with Gasteiger partial charge in [0, 0.05) is 47.1 Å². The molecule has 9 heteroatoms. The standard InChI is InChI=1S/C34H35ClN4O3S/c1-18-15-22(11-14-27(18)39(7)8)25-17-24(20(3)37-38-25)32-36-26-16-19(2)28(30(33(40)41)42-34(4,5)6)29(31(26)43-32)21-9-12-23(35)13-10-21/h9-17,30H,1-8H3,(H,40,41). The number of benzene rings is 3. The van der Waals surface area contributed by atoms with Gasteiger partial charge in [0.1, 0.15) is 5.01 Å². The lowest BCUT2D eigenvalue weighted by Gasteiger charge is -2.28. The molecule has 0 amide bonds. The van der Waals surface area contributed by atoms with E-state index in [2.05, 4.69) is 40.2 Å². The summed E-state index contributed by atoms with van der Waals surface area (Å²) in [4.78, 5) is 19.8. The number of thiazole rings is 1. The van der Waals surface area contributed by atoms with Crippen molar-refractivity contribution in [2.45, 2.75) is 53.2 Å². The summed E-state index contributed by atoms with van der Waals surface area (Å²) in [6, 6.07) is 17.7. The summed E-state index contributed by atoms with van der Waals surface area (Å²) >= 11 is 7.75. The summed E-state index contributed by atoms with van der Waals surface area (Å²) in [5.74, 6) is -1.05. The monoisotopic (exact) mass is 614 g/mol. The van der Waals surface area contributed by atoms with Crippen molar-refractivity contribution >= 4 is 44.8 Å². The molecule has 1 unspecified atom stereocenters. The number of aliphatic carboxylic acids is 1. The molecule has 222 valence electrons. The number of anilines is 1. The van der Waals surface area contributed by atoms with Gasteiger partial charge in [-0.15, -0.1) is 11.3 Å². The molecule has 0 fully saturated rings. The Hall–Kier alpha value is -3.85. The first-order valence-corrected chi connectivity index (χ1v) is 15.2. The highest BCUT2D eigenvalue weighted by Crippen LogP contribution is 2.45. The second-order valence-corrected chi connectivity index (χ2v) is 13.4. The van der Waals surface area contributed by atoms with Gasteiger partial charge in [-0.05, 0) is 94.6 Å². The molecule has 2 heterocycles. The van der Waals surface area contributed by atoms with Gasteiger partial charge in [-0.3, -0.25) is 0 Å². The molecule has 5 aromatic rings. The zero-order valence-electron chi connectivity index (χ0n) is 25.6. The average Bonchev–Trinajstić information content (AvgIpc) is 3.34. The number of fused-ring (bicyclic) bond motifs is 1. The van der Waals surface area contributed by atoms with Crippen LogP contribution in [0.3, 0.4) is 0 Å². The summed E-state index contributed by atoms with van der Waals surface area (Å²) in [6.07, 6.45) is -1.18. The molecule has 1 atom stereocenters. The smallest absolute Gasteiger partial charge is 0.337 e. The Balaban J connectivity index is 1.73. The topological polar surface area (TPSA) is 88.4 Å².